The molecular formula is C35H33FN4O4S. The molecule has 0 aliphatic carbocycles. The van der Waals surface area contributed by atoms with Crippen LogP contribution in [-0.2, 0) is 23.8 Å². The van der Waals surface area contributed by atoms with Crippen molar-refractivity contribution in [1.29, 1.82) is 0 Å². The van der Waals surface area contributed by atoms with Crippen LogP contribution in [0.1, 0.15) is 48.0 Å². The first-order valence-electron chi connectivity index (χ1n) is 14.3. The summed E-state index contributed by atoms with van der Waals surface area (Å²) in [6.07, 6.45) is 2.71. The Bertz CT molecular complexity index is 2150. The van der Waals surface area contributed by atoms with E-state index < -0.39 is 29.4 Å². The van der Waals surface area contributed by atoms with Crippen LogP contribution in [0.4, 0.5) is 10.1 Å². The zero-order valence-corrected chi connectivity index (χ0v) is 26.4. The maximum Gasteiger partial charge on any atom is 0.295 e. The predicted octanol–water partition coefficient (Wildman–Crippen LogP) is 4.28. The number of anilines is 1. The van der Waals surface area contributed by atoms with E-state index in [9.17, 15) is 23.6 Å². The molecule has 8 nitrogen and oxygen atoms in total. The van der Waals surface area contributed by atoms with Gasteiger partial charge in [0.2, 0.25) is 5.91 Å². The van der Waals surface area contributed by atoms with Gasteiger partial charge in [-0.2, -0.15) is 0 Å². The number of amides is 1. The van der Waals surface area contributed by atoms with Gasteiger partial charge in [0.25, 0.3) is 11.1 Å². The Morgan fingerprint density at radius 2 is 1.56 bits per heavy atom. The number of rotatable bonds is 7. The van der Waals surface area contributed by atoms with Crippen molar-refractivity contribution in [2.45, 2.75) is 39.7 Å². The highest BCUT2D eigenvalue weighted by atomic mass is 32.1. The number of carbonyl (C=O) groups is 2. The van der Waals surface area contributed by atoms with Gasteiger partial charge < -0.3 is 5.32 Å². The highest BCUT2D eigenvalue weighted by molar-refractivity contribution is 7.07. The molecule has 0 aliphatic heterocycles. The van der Waals surface area contributed by atoms with E-state index in [-0.39, 0.29) is 31.6 Å². The van der Waals surface area contributed by atoms with Gasteiger partial charge in [0, 0.05) is 24.3 Å². The van der Waals surface area contributed by atoms with Crippen molar-refractivity contribution >= 4 is 40.9 Å². The van der Waals surface area contributed by atoms with Crippen molar-refractivity contribution in [2.75, 3.05) is 5.32 Å². The fourth-order valence-corrected chi connectivity index (χ4v) is 5.92. The second-order valence-electron chi connectivity index (χ2n) is 11.7. The molecule has 10 heteroatoms. The summed E-state index contributed by atoms with van der Waals surface area (Å²) in [5.41, 5.74) is 1.82. The number of carbonyl (C=O) groups excluding carboxylic acids is 2. The molecule has 1 N–H and O–H groups in total. The van der Waals surface area contributed by atoms with Crippen LogP contribution in [0.25, 0.3) is 17.8 Å². The summed E-state index contributed by atoms with van der Waals surface area (Å²) in [4.78, 5) is 53.6. The second kappa shape index (κ2) is 12.5. The van der Waals surface area contributed by atoms with E-state index in [4.69, 9.17) is 0 Å². The maximum absolute atomic E-state index is 14.5. The van der Waals surface area contributed by atoms with Gasteiger partial charge in [-0.15, -0.1) is 11.3 Å². The Morgan fingerprint density at radius 1 is 0.911 bits per heavy atom. The Morgan fingerprint density at radius 3 is 2.20 bits per heavy atom. The molecule has 45 heavy (non-hydrogen) atoms. The molecule has 0 fully saturated rings. The minimum absolute atomic E-state index is 0.0771. The van der Waals surface area contributed by atoms with Crippen LogP contribution in [0, 0.1) is 12.7 Å². The molecule has 0 bridgehead atoms. The van der Waals surface area contributed by atoms with Crippen LogP contribution in [0.3, 0.4) is 0 Å². The van der Waals surface area contributed by atoms with E-state index in [2.05, 4.69) is 26.1 Å². The van der Waals surface area contributed by atoms with Gasteiger partial charge in [0.15, 0.2) is 5.78 Å². The number of thiazole rings is 1. The van der Waals surface area contributed by atoms with E-state index >= 15 is 0 Å². The van der Waals surface area contributed by atoms with Gasteiger partial charge in [-0.25, -0.2) is 9.07 Å². The molecule has 0 atom stereocenters. The summed E-state index contributed by atoms with van der Waals surface area (Å²) in [5, 5.41) is 2.67. The number of para-hydroxylation sites is 1. The quantitative estimate of drug-likeness (QED) is 0.274. The number of nitrogens with one attached hydrogen (secondary N) is 1. The van der Waals surface area contributed by atoms with Crippen molar-refractivity contribution in [2.24, 2.45) is 7.05 Å². The fraction of sp³-hybridized carbons (Fsp3) is 0.200. The number of benzene rings is 3. The molecule has 2 aromatic heterocycles. The van der Waals surface area contributed by atoms with E-state index in [0.29, 0.717) is 16.9 Å². The molecule has 0 unspecified atom stereocenters. The Kier molecular flexibility index (Phi) is 8.70. The van der Waals surface area contributed by atoms with Crippen LogP contribution in [-0.4, -0.2) is 25.6 Å². The number of hydrogen-bond donors (Lipinski definition) is 1. The number of nitrogens with zero attached hydrogens (tertiary/aromatic N) is 3. The molecule has 5 rings (SSSR count). The molecule has 0 radical (unpaired) electrons. The Balaban J connectivity index is 1.54. The first-order valence-corrected chi connectivity index (χ1v) is 15.1. The van der Waals surface area contributed by atoms with Gasteiger partial charge in [0.1, 0.15) is 22.7 Å². The first-order chi connectivity index (χ1) is 21.3. The van der Waals surface area contributed by atoms with Gasteiger partial charge in [-0.1, -0.05) is 81.4 Å². The Labute approximate surface area is 263 Å². The molecule has 0 spiro atoms. The summed E-state index contributed by atoms with van der Waals surface area (Å²) < 4.78 is 19.1. The fourth-order valence-electron chi connectivity index (χ4n) is 4.89. The van der Waals surface area contributed by atoms with Crippen LogP contribution >= 0.6 is 11.3 Å². The normalized spacial score (nSPS) is 12.5. The number of hydrogen-bond acceptors (Lipinski definition) is 5. The molecular weight excluding hydrogens is 591 g/mol. The standard InChI is InChI=1S/C35H33FN4O4S/c1-22-32(34(44)40(38(22)5)26-12-7-6-8-13-26)37-30(42)21-39-31(20-28(41)23-15-17-25(18-16-23)35(2,3)4)45-29(33(39)43)19-24-11-9-10-14-27(24)36/h6-20H,21H2,1-5H3,(H,37,42)/b29-19-,31-20-. The highest BCUT2D eigenvalue weighted by Gasteiger charge is 2.20. The van der Waals surface area contributed by atoms with Crippen LogP contribution in [0.2, 0.25) is 0 Å². The number of Topliss-reactive ketones (excluding diaryl/α,β-unsaturated/α-hetero) is 1. The van der Waals surface area contributed by atoms with E-state index in [1.165, 1.54) is 33.5 Å². The van der Waals surface area contributed by atoms with Gasteiger partial charge >= 0.3 is 0 Å². The lowest BCUT2D eigenvalue weighted by molar-refractivity contribution is -0.116. The van der Waals surface area contributed by atoms with Crippen molar-refractivity contribution in [1.82, 2.24) is 13.9 Å². The smallest absolute Gasteiger partial charge is 0.295 e. The largest absolute Gasteiger partial charge is 0.318 e. The van der Waals surface area contributed by atoms with E-state index in [1.807, 2.05) is 18.2 Å². The third-order valence-corrected chi connectivity index (χ3v) is 8.60. The van der Waals surface area contributed by atoms with Crippen molar-refractivity contribution < 1.29 is 14.0 Å². The summed E-state index contributed by atoms with van der Waals surface area (Å²) in [6, 6.07) is 22.2. The predicted molar refractivity (Wildman–Crippen MR) is 176 cm³/mol. The molecule has 3 aromatic carbocycles. The Hall–Kier alpha value is -5.09. The topological polar surface area (TPSA) is 95.1 Å². The average molecular weight is 625 g/mol. The summed E-state index contributed by atoms with van der Waals surface area (Å²) in [6.45, 7) is 7.46. The van der Waals surface area contributed by atoms with Crippen LogP contribution in [0.15, 0.2) is 88.5 Å². The highest BCUT2D eigenvalue weighted by Crippen LogP contribution is 2.22. The van der Waals surface area contributed by atoms with Gasteiger partial charge in [-0.3, -0.25) is 28.4 Å². The molecule has 0 aliphatic rings. The molecule has 230 valence electrons. The number of ketones is 1. The first kappa shape index (κ1) is 31.3. The van der Waals surface area contributed by atoms with E-state index in [1.54, 1.807) is 67.2 Å². The SMILES string of the molecule is Cc1c(NC(=O)Cn2c(=O)/c(=C/c3ccccc3F)s/c2=C\C(=O)c2ccc(C(C)(C)C)cc2)c(=O)n(-c2ccccc2)n1C. The van der Waals surface area contributed by atoms with Crippen molar-refractivity contribution in [3.63, 3.8) is 0 Å². The maximum atomic E-state index is 14.5. The van der Waals surface area contributed by atoms with Crippen LogP contribution < -0.4 is 25.6 Å². The lowest BCUT2D eigenvalue weighted by Crippen LogP contribution is -2.36. The van der Waals surface area contributed by atoms with Gasteiger partial charge in [0.05, 0.1) is 15.9 Å². The third-order valence-electron chi connectivity index (χ3n) is 7.54. The zero-order valence-electron chi connectivity index (χ0n) is 25.6. The lowest BCUT2D eigenvalue weighted by Gasteiger charge is -2.18. The number of aromatic nitrogens is 3. The zero-order chi connectivity index (χ0) is 32.5. The van der Waals surface area contributed by atoms with Crippen molar-refractivity contribution in [3.8, 4) is 5.69 Å². The van der Waals surface area contributed by atoms with Crippen LogP contribution in [0.5, 0.6) is 0 Å². The number of halogens is 1. The molecule has 1 amide bonds. The summed E-state index contributed by atoms with van der Waals surface area (Å²) in [5.74, 6) is -1.49. The lowest BCUT2D eigenvalue weighted by atomic mass is 9.86. The minimum Gasteiger partial charge on any atom is -0.318 e. The second-order valence-corrected chi connectivity index (χ2v) is 12.7. The average Bonchev–Trinajstić information content (AvgIpc) is 3.40. The molecule has 0 saturated heterocycles. The molecule has 2 heterocycles. The van der Waals surface area contributed by atoms with Crippen molar-refractivity contribution in [3.05, 3.63) is 137 Å². The third kappa shape index (κ3) is 6.56. The minimum atomic E-state index is -0.630. The summed E-state index contributed by atoms with van der Waals surface area (Å²) in [7, 11) is 1.71. The molecule has 0 saturated carbocycles. The monoisotopic (exact) mass is 624 g/mol. The van der Waals surface area contributed by atoms with E-state index in [0.717, 1.165) is 16.9 Å². The van der Waals surface area contributed by atoms with Gasteiger partial charge in [-0.05, 0) is 42.2 Å². The summed E-state index contributed by atoms with van der Waals surface area (Å²) >= 11 is 0.980. The molecule has 5 aromatic rings.